The molecule has 0 spiro atoms. The van der Waals surface area contributed by atoms with Gasteiger partial charge < -0.3 is 5.32 Å². The van der Waals surface area contributed by atoms with Gasteiger partial charge in [0, 0.05) is 30.1 Å². The minimum atomic E-state index is -3.06. The number of nitro benzene ring substituents is 1. The van der Waals surface area contributed by atoms with E-state index in [2.05, 4.69) is 5.32 Å². The van der Waals surface area contributed by atoms with Crippen LogP contribution in [0, 0.1) is 10.1 Å². The molecule has 2 rings (SSSR count). The first kappa shape index (κ1) is 13.8. The average Bonchev–Trinajstić information content (AvgIpc) is 2.77. The topological polar surface area (TPSA) is 89.3 Å². The summed E-state index contributed by atoms with van der Waals surface area (Å²) in [7, 11) is -3.06. The van der Waals surface area contributed by atoms with Crippen molar-refractivity contribution in [2.24, 2.45) is 0 Å². The van der Waals surface area contributed by atoms with E-state index < -0.39 is 14.8 Å². The van der Waals surface area contributed by atoms with E-state index in [1.807, 2.05) is 0 Å². The quantitative estimate of drug-likeness (QED) is 0.674. The Morgan fingerprint density at radius 1 is 1.26 bits per heavy atom. The van der Waals surface area contributed by atoms with Crippen LogP contribution in [0.5, 0.6) is 0 Å². The first-order chi connectivity index (χ1) is 8.88. The number of benzene rings is 1. The molecule has 0 amide bonds. The van der Waals surface area contributed by atoms with Gasteiger partial charge in [-0.3, -0.25) is 10.1 Å². The van der Waals surface area contributed by atoms with Gasteiger partial charge in [-0.15, -0.1) is 0 Å². The van der Waals surface area contributed by atoms with Crippen LogP contribution < -0.4 is 5.32 Å². The monoisotopic (exact) mass is 284 g/mol. The van der Waals surface area contributed by atoms with Gasteiger partial charge in [-0.1, -0.05) is 0 Å². The highest BCUT2D eigenvalue weighted by Gasteiger charge is 2.34. The van der Waals surface area contributed by atoms with Crippen molar-refractivity contribution in [2.75, 3.05) is 11.6 Å². The molecule has 2 unspecified atom stereocenters. The zero-order chi connectivity index (χ0) is 14.0. The Bertz CT molecular complexity index is 568. The maximum absolute atomic E-state index is 11.6. The van der Waals surface area contributed by atoms with E-state index in [0.717, 1.165) is 12.8 Å². The molecule has 1 aliphatic carbocycles. The Hall–Kier alpha value is -1.63. The lowest BCUT2D eigenvalue weighted by molar-refractivity contribution is -0.384. The smallest absolute Gasteiger partial charge is 0.269 e. The molecule has 7 heteroatoms. The summed E-state index contributed by atoms with van der Waals surface area (Å²) in [5.41, 5.74) is 0.739. The van der Waals surface area contributed by atoms with Gasteiger partial charge in [0.2, 0.25) is 0 Å². The van der Waals surface area contributed by atoms with Crippen LogP contribution in [0.2, 0.25) is 0 Å². The van der Waals surface area contributed by atoms with E-state index in [1.54, 1.807) is 12.1 Å². The van der Waals surface area contributed by atoms with E-state index in [1.165, 1.54) is 18.4 Å². The fraction of sp³-hybridized carbons (Fsp3) is 0.500. The van der Waals surface area contributed by atoms with Gasteiger partial charge in [-0.05, 0) is 31.4 Å². The largest absolute Gasteiger partial charge is 0.381 e. The highest BCUT2D eigenvalue weighted by atomic mass is 32.2. The Morgan fingerprint density at radius 3 is 2.42 bits per heavy atom. The molecule has 0 radical (unpaired) electrons. The second-order valence-electron chi connectivity index (χ2n) is 4.85. The van der Waals surface area contributed by atoms with Crippen molar-refractivity contribution in [3.8, 4) is 0 Å². The minimum absolute atomic E-state index is 0.0247. The molecule has 104 valence electrons. The molecule has 1 aromatic carbocycles. The molecule has 1 N–H and O–H groups in total. The second-order valence-corrected chi connectivity index (χ2v) is 7.12. The Kier molecular flexibility index (Phi) is 3.75. The molecule has 1 aromatic rings. The zero-order valence-corrected chi connectivity index (χ0v) is 11.4. The molecule has 0 heterocycles. The number of rotatable bonds is 4. The van der Waals surface area contributed by atoms with Crippen LogP contribution in [0.15, 0.2) is 24.3 Å². The number of nitrogens with zero attached hydrogens (tertiary/aromatic N) is 1. The first-order valence-corrected chi connectivity index (χ1v) is 8.03. The van der Waals surface area contributed by atoms with Gasteiger partial charge in [-0.25, -0.2) is 8.42 Å². The molecule has 1 fully saturated rings. The lowest BCUT2D eigenvalue weighted by atomic mass is 10.2. The predicted octanol–water partition coefficient (Wildman–Crippen LogP) is 1.97. The third-order valence-corrected chi connectivity index (χ3v) is 5.10. The standard InChI is InChI=1S/C12H16N2O4S/c1-19(17,18)12-4-2-3-11(12)13-9-5-7-10(8-6-9)14(15)16/h5-8,11-13H,2-4H2,1H3. The van der Waals surface area contributed by atoms with Gasteiger partial charge in [0.25, 0.3) is 5.69 Å². The van der Waals surface area contributed by atoms with Crippen molar-refractivity contribution in [3.05, 3.63) is 34.4 Å². The summed E-state index contributed by atoms with van der Waals surface area (Å²) in [6.45, 7) is 0. The van der Waals surface area contributed by atoms with E-state index in [9.17, 15) is 18.5 Å². The summed E-state index contributed by atoms with van der Waals surface area (Å²) >= 11 is 0. The Morgan fingerprint density at radius 2 is 1.89 bits per heavy atom. The molecule has 0 saturated heterocycles. The molecule has 2 atom stereocenters. The number of hydrogen-bond donors (Lipinski definition) is 1. The van der Waals surface area contributed by atoms with Crippen molar-refractivity contribution in [3.63, 3.8) is 0 Å². The van der Waals surface area contributed by atoms with Crippen molar-refractivity contribution < 1.29 is 13.3 Å². The van der Waals surface area contributed by atoms with E-state index in [4.69, 9.17) is 0 Å². The van der Waals surface area contributed by atoms with Gasteiger partial charge in [0.15, 0.2) is 9.84 Å². The minimum Gasteiger partial charge on any atom is -0.381 e. The van der Waals surface area contributed by atoms with Crippen molar-refractivity contribution >= 4 is 21.2 Å². The SMILES string of the molecule is CS(=O)(=O)C1CCCC1Nc1ccc([N+](=O)[O-])cc1. The number of sulfone groups is 1. The van der Waals surface area contributed by atoms with Crippen LogP contribution in [-0.4, -0.2) is 30.9 Å². The molecule has 6 nitrogen and oxygen atoms in total. The highest BCUT2D eigenvalue weighted by Crippen LogP contribution is 2.28. The van der Waals surface area contributed by atoms with Gasteiger partial charge in [0.1, 0.15) is 0 Å². The van der Waals surface area contributed by atoms with E-state index in [0.29, 0.717) is 12.1 Å². The Balaban J connectivity index is 2.10. The number of non-ortho nitro benzene ring substituents is 1. The van der Waals surface area contributed by atoms with Crippen LogP contribution in [0.25, 0.3) is 0 Å². The van der Waals surface area contributed by atoms with E-state index >= 15 is 0 Å². The summed E-state index contributed by atoms with van der Waals surface area (Å²) < 4.78 is 23.3. The van der Waals surface area contributed by atoms with Gasteiger partial charge in [-0.2, -0.15) is 0 Å². The molecule has 19 heavy (non-hydrogen) atoms. The number of nitro groups is 1. The van der Waals surface area contributed by atoms with Crippen LogP contribution in [-0.2, 0) is 9.84 Å². The summed E-state index contributed by atoms with van der Waals surface area (Å²) in [5.74, 6) is 0. The Labute approximate surface area is 111 Å². The summed E-state index contributed by atoms with van der Waals surface area (Å²) in [5, 5.41) is 13.3. The fourth-order valence-corrected chi connectivity index (χ4v) is 3.89. The van der Waals surface area contributed by atoms with Crippen molar-refractivity contribution in [1.29, 1.82) is 0 Å². The average molecular weight is 284 g/mol. The molecule has 0 aliphatic heterocycles. The van der Waals surface area contributed by atoms with Crippen LogP contribution in [0.4, 0.5) is 11.4 Å². The number of anilines is 1. The maximum atomic E-state index is 11.6. The van der Waals surface area contributed by atoms with Crippen molar-refractivity contribution in [2.45, 2.75) is 30.6 Å². The first-order valence-electron chi connectivity index (χ1n) is 6.08. The van der Waals surface area contributed by atoms with Crippen LogP contribution in [0.3, 0.4) is 0 Å². The fourth-order valence-electron chi connectivity index (χ4n) is 2.50. The predicted molar refractivity (Wildman–Crippen MR) is 73.0 cm³/mol. The van der Waals surface area contributed by atoms with Gasteiger partial charge >= 0.3 is 0 Å². The molecule has 1 aliphatic rings. The highest BCUT2D eigenvalue weighted by molar-refractivity contribution is 7.91. The third kappa shape index (κ3) is 3.23. The summed E-state index contributed by atoms with van der Waals surface area (Å²) in [6, 6.07) is 5.92. The molecule has 0 bridgehead atoms. The zero-order valence-electron chi connectivity index (χ0n) is 10.6. The number of nitrogens with one attached hydrogen (secondary N) is 1. The summed E-state index contributed by atoms with van der Waals surface area (Å²) in [6.07, 6.45) is 3.61. The molecular formula is C12H16N2O4S. The maximum Gasteiger partial charge on any atom is 0.269 e. The third-order valence-electron chi connectivity index (χ3n) is 3.43. The lowest BCUT2D eigenvalue weighted by Crippen LogP contribution is -2.34. The van der Waals surface area contributed by atoms with Crippen LogP contribution >= 0.6 is 0 Å². The second kappa shape index (κ2) is 5.16. The van der Waals surface area contributed by atoms with Crippen LogP contribution in [0.1, 0.15) is 19.3 Å². The molecule has 1 saturated carbocycles. The lowest BCUT2D eigenvalue weighted by Gasteiger charge is -2.20. The van der Waals surface area contributed by atoms with E-state index in [-0.39, 0.29) is 17.0 Å². The molecular weight excluding hydrogens is 268 g/mol. The van der Waals surface area contributed by atoms with Crippen molar-refractivity contribution in [1.82, 2.24) is 0 Å². The number of hydrogen-bond acceptors (Lipinski definition) is 5. The summed E-state index contributed by atoms with van der Waals surface area (Å²) in [4.78, 5) is 10.1. The molecule has 0 aromatic heterocycles. The van der Waals surface area contributed by atoms with Gasteiger partial charge in [0.05, 0.1) is 10.2 Å². The normalized spacial score (nSPS) is 23.2.